The molecule has 0 saturated carbocycles. The van der Waals surface area contributed by atoms with Crippen molar-refractivity contribution in [2.24, 2.45) is 0 Å². The maximum absolute atomic E-state index is 14.6. The Morgan fingerprint density at radius 1 is 0.931 bits per heavy atom. The van der Waals surface area contributed by atoms with Crippen molar-refractivity contribution in [2.75, 3.05) is 0 Å². The highest BCUT2D eigenvalue weighted by Gasteiger charge is 2.25. The second-order valence-electron chi connectivity index (χ2n) is 6.43. The molecule has 0 spiro atoms. The number of aromatic nitrogens is 2. The number of pyridine rings is 1. The molecule has 1 atom stereocenters. The Kier molecular flexibility index (Phi) is 5.13. The molecule has 0 aliphatic carbocycles. The summed E-state index contributed by atoms with van der Waals surface area (Å²) in [5.41, 5.74) is 1.44. The van der Waals surface area contributed by atoms with Crippen LogP contribution >= 0.6 is 11.6 Å². The zero-order chi connectivity index (χ0) is 20.5. The molecule has 2 aromatic heterocycles. The largest absolute Gasteiger partial charge is 0.383 e. The number of nitrogens with zero attached hydrogens (tertiary/aromatic N) is 1. The molecule has 4 aromatic rings. The monoisotopic (exact) mass is 414 g/mol. The second-order valence-corrected chi connectivity index (χ2v) is 6.86. The van der Waals surface area contributed by atoms with Crippen molar-refractivity contribution in [3.63, 3.8) is 0 Å². The quantitative estimate of drug-likeness (QED) is 0.437. The summed E-state index contributed by atoms with van der Waals surface area (Å²) in [5, 5.41) is 11.3. The van der Waals surface area contributed by atoms with E-state index >= 15 is 0 Å². The molecule has 2 aromatic carbocycles. The van der Waals surface area contributed by atoms with E-state index in [4.69, 9.17) is 11.6 Å². The highest BCUT2D eigenvalue weighted by molar-refractivity contribution is 6.30. The third-order valence-corrected chi connectivity index (χ3v) is 4.85. The van der Waals surface area contributed by atoms with Crippen LogP contribution in [0.15, 0.2) is 67.1 Å². The van der Waals surface area contributed by atoms with Crippen LogP contribution in [0.1, 0.15) is 17.2 Å². The Bertz CT molecular complexity index is 1110. The summed E-state index contributed by atoms with van der Waals surface area (Å²) < 4.78 is 42.5. The highest BCUT2D eigenvalue weighted by Crippen LogP contribution is 2.40. The lowest BCUT2D eigenvalue weighted by atomic mass is 9.92. The van der Waals surface area contributed by atoms with E-state index in [0.29, 0.717) is 11.1 Å². The lowest BCUT2D eigenvalue weighted by molar-refractivity contribution is 0.221. The number of hydrogen-bond donors (Lipinski definition) is 2. The molecule has 0 unspecified atom stereocenters. The van der Waals surface area contributed by atoms with Crippen LogP contribution in [0.3, 0.4) is 0 Å². The summed E-state index contributed by atoms with van der Waals surface area (Å²) in [6, 6.07) is 10.6. The molecule has 0 aliphatic heterocycles. The molecule has 29 heavy (non-hydrogen) atoms. The first kappa shape index (κ1) is 19.2. The summed E-state index contributed by atoms with van der Waals surface area (Å²) in [4.78, 5) is 6.89. The molecule has 7 heteroatoms. The SMILES string of the molecule is O[C@H](c1cccnc1)c1c(-c2ccc(Cl)cc2F)c[nH]c1-c1ccc(F)cc1F. The first-order valence-corrected chi connectivity index (χ1v) is 9.03. The summed E-state index contributed by atoms with van der Waals surface area (Å²) in [5.74, 6) is -2.13. The molecule has 0 aliphatic rings. The van der Waals surface area contributed by atoms with Crippen LogP contribution in [0.4, 0.5) is 13.2 Å². The minimum atomic E-state index is -1.24. The summed E-state index contributed by atoms with van der Waals surface area (Å²) in [7, 11) is 0. The predicted molar refractivity (Wildman–Crippen MR) is 105 cm³/mol. The first-order chi connectivity index (χ1) is 14.0. The van der Waals surface area contributed by atoms with Crippen molar-refractivity contribution in [3.05, 3.63) is 101 Å². The Balaban J connectivity index is 1.96. The topological polar surface area (TPSA) is 48.9 Å². The van der Waals surface area contributed by atoms with Gasteiger partial charge >= 0.3 is 0 Å². The van der Waals surface area contributed by atoms with Gasteiger partial charge in [-0.25, -0.2) is 13.2 Å². The van der Waals surface area contributed by atoms with Crippen LogP contribution in [0, 0.1) is 17.5 Å². The number of hydrogen-bond acceptors (Lipinski definition) is 2. The van der Waals surface area contributed by atoms with Gasteiger partial charge in [0.15, 0.2) is 0 Å². The normalized spacial score (nSPS) is 12.2. The highest BCUT2D eigenvalue weighted by atomic mass is 35.5. The molecular weight excluding hydrogens is 401 g/mol. The van der Waals surface area contributed by atoms with E-state index in [-0.39, 0.29) is 27.4 Å². The van der Waals surface area contributed by atoms with Crippen molar-refractivity contribution >= 4 is 11.6 Å². The van der Waals surface area contributed by atoms with Gasteiger partial charge in [-0.3, -0.25) is 4.98 Å². The van der Waals surface area contributed by atoms with Crippen molar-refractivity contribution in [3.8, 4) is 22.4 Å². The number of benzene rings is 2. The Labute approximate surface area is 169 Å². The predicted octanol–water partition coefficient (Wildman–Crippen LogP) is 5.90. The minimum absolute atomic E-state index is 0.0463. The number of halogens is 4. The molecule has 0 radical (unpaired) electrons. The maximum Gasteiger partial charge on any atom is 0.135 e. The number of rotatable bonds is 4. The zero-order valence-electron chi connectivity index (χ0n) is 14.8. The van der Waals surface area contributed by atoms with Gasteiger partial charge < -0.3 is 10.1 Å². The fourth-order valence-corrected chi connectivity index (χ4v) is 3.43. The van der Waals surface area contributed by atoms with Crippen molar-refractivity contribution in [1.82, 2.24) is 9.97 Å². The second kappa shape index (κ2) is 7.73. The minimum Gasteiger partial charge on any atom is -0.383 e. The van der Waals surface area contributed by atoms with E-state index in [2.05, 4.69) is 9.97 Å². The Morgan fingerprint density at radius 3 is 2.38 bits per heavy atom. The Hall–Kier alpha value is -3.09. The lowest BCUT2D eigenvalue weighted by Gasteiger charge is -2.16. The molecule has 146 valence electrons. The zero-order valence-corrected chi connectivity index (χ0v) is 15.6. The number of aliphatic hydroxyl groups is 1. The number of H-pyrrole nitrogens is 1. The van der Waals surface area contributed by atoms with Gasteiger partial charge in [-0.2, -0.15) is 0 Å². The fourth-order valence-electron chi connectivity index (χ4n) is 3.27. The van der Waals surface area contributed by atoms with E-state index < -0.39 is 23.6 Å². The third-order valence-electron chi connectivity index (χ3n) is 4.62. The molecule has 0 amide bonds. The molecule has 2 N–H and O–H groups in total. The van der Waals surface area contributed by atoms with Gasteiger partial charge in [0, 0.05) is 57.5 Å². The number of nitrogens with one attached hydrogen (secondary N) is 1. The van der Waals surface area contributed by atoms with Gasteiger partial charge in [0.25, 0.3) is 0 Å². The molecule has 2 heterocycles. The smallest absolute Gasteiger partial charge is 0.135 e. The van der Waals surface area contributed by atoms with E-state index in [1.165, 1.54) is 30.6 Å². The van der Waals surface area contributed by atoms with Crippen molar-refractivity contribution in [2.45, 2.75) is 6.10 Å². The summed E-state index contributed by atoms with van der Waals surface area (Å²) >= 11 is 5.85. The van der Waals surface area contributed by atoms with Crippen molar-refractivity contribution in [1.29, 1.82) is 0 Å². The lowest BCUT2D eigenvalue weighted by Crippen LogP contribution is -2.04. The average molecular weight is 415 g/mol. The third kappa shape index (κ3) is 3.64. The fraction of sp³-hybridized carbons (Fsp3) is 0.0455. The molecule has 3 nitrogen and oxygen atoms in total. The van der Waals surface area contributed by atoms with Crippen LogP contribution < -0.4 is 0 Å². The molecule has 0 fully saturated rings. The Morgan fingerprint density at radius 2 is 1.69 bits per heavy atom. The van der Waals surface area contributed by atoms with E-state index in [1.807, 2.05) is 0 Å². The van der Waals surface area contributed by atoms with Gasteiger partial charge in [0.1, 0.15) is 23.6 Å². The molecule has 0 saturated heterocycles. The van der Waals surface area contributed by atoms with Crippen LogP contribution in [0.25, 0.3) is 22.4 Å². The maximum atomic E-state index is 14.6. The van der Waals surface area contributed by atoms with Gasteiger partial charge in [-0.1, -0.05) is 17.7 Å². The first-order valence-electron chi connectivity index (χ1n) is 8.66. The molecule has 4 rings (SSSR count). The summed E-state index contributed by atoms with van der Waals surface area (Å²) in [6.07, 6.45) is 3.25. The van der Waals surface area contributed by atoms with Crippen LogP contribution in [0.2, 0.25) is 5.02 Å². The van der Waals surface area contributed by atoms with Crippen LogP contribution in [-0.2, 0) is 0 Å². The molecular formula is C22H14ClF3N2O. The average Bonchev–Trinajstić information content (AvgIpc) is 3.12. The number of aliphatic hydroxyl groups excluding tert-OH is 1. The van der Waals surface area contributed by atoms with Gasteiger partial charge in [-0.05, 0) is 36.4 Å². The van der Waals surface area contributed by atoms with Crippen molar-refractivity contribution < 1.29 is 18.3 Å². The van der Waals surface area contributed by atoms with Gasteiger partial charge in [0.2, 0.25) is 0 Å². The van der Waals surface area contributed by atoms with Crippen LogP contribution in [0.5, 0.6) is 0 Å². The van der Waals surface area contributed by atoms with E-state index in [1.54, 1.807) is 18.3 Å². The van der Waals surface area contributed by atoms with E-state index in [9.17, 15) is 18.3 Å². The van der Waals surface area contributed by atoms with Crippen LogP contribution in [-0.4, -0.2) is 15.1 Å². The summed E-state index contributed by atoms with van der Waals surface area (Å²) in [6.45, 7) is 0. The van der Waals surface area contributed by atoms with Gasteiger partial charge in [0.05, 0.1) is 5.69 Å². The van der Waals surface area contributed by atoms with E-state index in [0.717, 1.165) is 18.2 Å². The standard InChI is InChI=1S/C22H14ClF3N2O/c23-13-3-5-15(18(25)8-13)17-11-28-21(16-6-4-14(24)9-19(16)26)20(17)22(29)12-2-1-7-27-10-12/h1-11,22,28-29H/t22-/m1/s1. The number of aromatic amines is 1. The van der Waals surface area contributed by atoms with Gasteiger partial charge in [-0.15, -0.1) is 0 Å². The molecule has 0 bridgehead atoms.